The maximum Gasteiger partial charge on any atom is 0.253 e. The quantitative estimate of drug-likeness (QED) is 0.460. The van der Waals surface area contributed by atoms with Crippen LogP contribution < -0.4 is 10.9 Å². The van der Waals surface area contributed by atoms with Crippen LogP contribution in [0.2, 0.25) is 5.02 Å². The number of nitrogens with zero attached hydrogens (tertiary/aromatic N) is 2. The molecule has 6 nitrogen and oxygen atoms in total. The lowest BCUT2D eigenvalue weighted by atomic mass is 10.1. The fourth-order valence-corrected chi connectivity index (χ4v) is 4.85. The Morgan fingerprint density at radius 3 is 2.76 bits per heavy atom. The SMILES string of the molecule is Cc1cc(C)c2[nH]c(=O)c(CN(CCCN3CCOCC3)C(=S)Nc3cccc(Cl)c3)cc2c1. The number of hydrogen-bond donors (Lipinski definition) is 2. The number of H-pyrrole nitrogens is 1. The van der Waals surface area contributed by atoms with Crippen molar-refractivity contribution in [3.05, 3.63) is 74.5 Å². The van der Waals surface area contributed by atoms with Gasteiger partial charge in [0.25, 0.3) is 5.56 Å². The van der Waals surface area contributed by atoms with Gasteiger partial charge >= 0.3 is 0 Å². The molecule has 4 rings (SSSR count). The molecule has 1 aliphatic rings. The van der Waals surface area contributed by atoms with Crippen molar-refractivity contribution in [2.45, 2.75) is 26.8 Å². The van der Waals surface area contributed by atoms with Gasteiger partial charge in [0.05, 0.1) is 25.3 Å². The number of fused-ring (bicyclic) bond motifs is 1. The molecule has 0 bridgehead atoms. The van der Waals surface area contributed by atoms with Crippen LogP contribution in [0.4, 0.5) is 5.69 Å². The Bertz CT molecular complexity index is 1220. The number of pyridine rings is 1. The molecule has 1 saturated heterocycles. The van der Waals surface area contributed by atoms with E-state index in [2.05, 4.69) is 39.2 Å². The molecule has 1 aromatic heterocycles. The molecule has 2 aromatic carbocycles. The van der Waals surface area contributed by atoms with Crippen LogP contribution >= 0.6 is 23.8 Å². The molecular formula is C26H31ClN4O2S. The average molecular weight is 499 g/mol. The zero-order valence-corrected chi connectivity index (χ0v) is 21.3. The maximum atomic E-state index is 13.0. The van der Waals surface area contributed by atoms with Crippen molar-refractivity contribution in [2.24, 2.45) is 0 Å². The third kappa shape index (κ3) is 6.36. The Kier molecular flexibility index (Phi) is 8.21. The van der Waals surface area contributed by atoms with Gasteiger partial charge in [0, 0.05) is 42.5 Å². The summed E-state index contributed by atoms with van der Waals surface area (Å²) < 4.78 is 5.45. The van der Waals surface area contributed by atoms with Crippen LogP contribution in [-0.2, 0) is 11.3 Å². The minimum absolute atomic E-state index is 0.0804. The molecular weight excluding hydrogens is 468 g/mol. The van der Waals surface area contributed by atoms with E-state index in [-0.39, 0.29) is 5.56 Å². The Morgan fingerprint density at radius 1 is 1.21 bits per heavy atom. The lowest BCUT2D eigenvalue weighted by molar-refractivity contribution is 0.0367. The number of nitrogens with one attached hydrogen (secondary N) is 2. The first-order chi connectivity index (χ1) is 16.4. The van der Waals surface area contributed by atoms with Crippen molar-refractivity contribution in [3.63, 3.8) is 0 Å². The molecule has 0 aliphatic carbocycles. The van der Waals surface area contributed by atoms with Crippen molar-refractivity contribution >= 4 is 45.5 Å². The molecule has 180 valence electrons. The molecule has 0 unspecified atom stereocenters. The Hall–Kier alpha value is -2.45. The van der Waals surface area contributed by atoms with E-state index < -0.39 is 0 Å². The van der Waals surface area contributed by atoms with Gasteiger partial charge in [0.1, 0.15) is 0 Å². The zero-order valence-electron chi connectivity index (χ0n) is 19.7. The number of benzene rings is 2. The van der Waals surface area contributed by atoms with E-state index >= 15 is 0 Å². The second kappa shape index (κ2) is 11.3. The molecule has 0 amide bonds. The normalized spacial score (nSPS) is 14.3. The van der Waals surface area contributed by atoms with Crippen LogP contribution in [0.3, 0.4) is 0 Å². The summed E-state index contributed by atoms with van der Waals surface area (Å²) in [5, 5.41) is 5.54. The van der Waals surface area contributed by atoms with Crippen LogP contribution in [0.1, 0.15) is 23.1 Å². The van der Waals surface area contributed by atoms with E-state index in [4.69, 9.17) is 28.6 Å². The summed E-state index contributed by atoms with van der Waals surface area (Å²) in [7, 11) is 0. The molecule has 2 N–H and O–H groups in total. The summed E-state index contributed by atoms with van der Waals surface area (Å²) in [4.78, 5) is 20.5. The summed E-state index contributed by atoms with van der Waals surface area (Å²) >= 11 is 11.9. The van der Waals surface area contributed by atoms with Crippen molar-refractivity contribution in [1.29, 1.82) is 0 Å². The predicted octanol–water partition coefficient (Wildman–Crippen LogP) is 4.72. The maximum absolute atomic E-state index is 13.0. The van der Waals surface area contributed by atoms with Gasteiger partial charge in [-0.15, -0.1) is 0 Å². The van der Waals surface area contributed by atoms with E-state index in [9.17, 15) is 4.79 Å². The molecule has 0 atom stereocenters. The third-order valence-corrected chi connectivity index (χ3v) is 6.70. The molecule has 34 heavy (non-hydrogen) atoms. The van der Waals surface area contributed by atoms with E-state index in [1.807, 2.05) is 37.3 Å². The predicted molar refractivity (Wildman–Crippen MR) is 144 cm³/mol. The molecule has 0 saturated carbocycles. The number of aryl methyl sites for hydroxylation is 2. The molecule has 0 spiro atoms. The topological polar surface area (TPSA) is 60.6 Å². The van der Waals surface area contributed by atoms with Gasteiger partial charge in [-0.1, -0.05) is 29.3 Å². The Labute approximate surface area is 210 Å². The van der Waals surface area contributed by atoms with E-state index in [0.717, 1.165) is 68.0 Å². The highest BCUT2D eigenvalue weighted by Crippen LogP contribution is 2.20. The minimum Gasteiger partial charge on any atom is -0.379 e. The van der Waals surface area contributed by atoms with Gasteiger partial charge in [-0.2, -0.15) is 0 Å². The summed E-state index contributed by atoms with van der Waals surface area (Å²) in [5.74, 6) is 0. The number of hydrogen-bond acceptors (Lipinski definition) is 4. The first kappa shape index (κ1) is 24.7. The zero-order chi connectivity index (χ0) is 24.1. The summed E-state index contributed by atoms with van der Waals surface area (Å²) in [6.45, 7) is 9.68. The van der Waals surface area contributed by atoms with Crippen LogP contribution in [0, 0.1) is 13.8 Å². The number of thiocarbonyl (C=S) groups is 1. The number of halogens is 1. The van der Waals surface area contributed by atoms with Crippen molar-refractivity contribution in [2.75, 3.05) is 44.7 Å². The minimum atomic E-state index is -0.0804. The number of rotatable bonds is 7. The van der Waals surface area contributed by atoms with Crippen LogP contribution in [0.25, 0.3) is 10.9 Å². The van der Waals surface area contributed by atoms with Gasteiger partial charge in [-0.25, -0.2) is 0 Å². The third-order valence-electron chi connectivity index (χ3n) is 6.10. The molecule has 1 aliphatic heterocycles. The van der Waals surface area contributed by atoms with Crippen molar-refractivity contribution in [1.82, 2.24) is 14.8 Å². The fourth-order valence-electron chi connectivity index (χ4n) is 4.39. The van der Waals surface area contributed by atoms with Gasteiger partial charge in [-0.3, -0.25) is 9.69 Å². The molecule has 0 radical (unpaired) electrons. The summed E-state index contributed by atoms with van der Waals surface area (Å²) in [5.41, 5.74) is 4.57. The standard InChI is InChI=1S/C26H31ClN4O2S/c1-18-13-19(2)24-20(14-18)15-21(25(32)29-24)17-31(8-4-7-30-9-11-33-12-10-30)26(34)28-23-6-3-5-22(27)16-23/h3,5-6,13-16H,4,7-12,17H2,1-2H3,(H,28,34)(H,29,32). The van der Waals surface area contributed by atoms with Gasteiger partial charge in [0.15, 0.2) is 5.11 Å². The van der Waals surface area contributed by atoms with Crippen LogP contribution in [-0.4, -0.2) is 59.3 Å². The number of ether oxygens (including phenoxy) is 1. The van der Waals surface area contributed by atoms with Crippen LogP contribution in [0.15, 0.2) is 47.3 Å². The Morgan fingerprint density at radius 2 is 2.00 bits per heavy atom. The van der Waals surface area contributed by atoms with Gasteiger partial charge < -0.3 is 19.9 Å². The van der Waals surface area contributed by atoms with Gasteiger partial charge in [-0.05, 0) is 73.8 Å². The number of aromatic nitrogens is 1. The van der Waals surface area contributed by atoms with E-state index in [0.29, 0.717) is 22.2 Å². The fraction of sp³-hybridized carbons (Fsp3) is 0.385. The molecule has 2 heterocycles. The largest absolute Gasteiger partial charge is 0.379 e. The second-order valence-corrected chi connectivity index (χ2v) is 9.66. The first-order valence-electron chi connectivity index (χ1n) is 11.6. The van der Waals surface area contributed by atoms with Gasteiger partial charge in [0.2, 0.25) is 0 Å². The molecule has 1 fully saturated rings. The van der Waals surface area contributed by atoms with E-state index in [1.54, 1.807) is 0 Å². The van der Waals surface area contributed by atoms with Crippen molar-refractivity contribution < 1.29 is 4.74 Å². The average Bonchev–Trinajstić information content (AvgIpc) is 2.80. The summed E-state index contributed by atoms with van der Waals surface area (Å²) in [6.07, 6.45) is 0.932. The Balaban J connectivity index is 1.54. The second-order valence-electron chi connectivity index (χ2n) is 8.84. The number of anilines is 1. The smallest absolute Gasteiger partial charge is 0.253 e. The van der Waals surface area contributed by atoms with E-state index in [1.165, 1.54) is 5.56 Å². The summed E-state index contributed by atoms with van der Waals surface area (Å²) in [6, 6.07) is 13.7. The number of morpholine rings is 1. The van der Waals surface area contributed by atoms with Crippen LogP contribution in [0.5, 0.6) is 0 Å². The molecule has 8 heteroatoms. The number of aromatic amines is 1. The van der Waals surface area contributed by atoms with Crippen molar-refractivity contribution in [3.8, 4) is 0 Å². The highest BCUT2D eigenvalue weighted by Gasteiger charge is 2.16. The highest BCUT2D eigenvalue weighted by molar-refractivity contribution is 7.80. The highest BCUT2D eigenvalue weighted by atomic mass is 35.5. The first-order valence-corrected chi connectivity index (χ1v) is 12.4. The lowest BCUT2D eigenvalue weighted by Gasteiger charge is -2.29. The molecule has 3 aromatic rings. The monoisotopic (exact) mass is 498 g/mol. The lowest BCUT2D eigenvalue weighted by Crippen LogP contribution is -2.40.